The lowest BCUT2D eigenvalue weighted by atomic mass is 9.85. The van der Waals surface area contributed by atoms with Crippen molar-refractivity contribution in [3.63, 3.8) is 0 Å². The molecule has 32 heavy (non-hydrogen) atoms. The van der Waals surface area contributed by atoms with E-state index >= 15 is 0 Å². The lowest BCUT2D eigenvalue weighted by molar-refractivity contribution is -0.140. The van der Waals surface area contributed by atoms with E-state index in [1.165, 1.54) is 4.90 Å². The summed E-state index contributed by atoms with van der Waals surface area (Å²) in [6, 6.07) is 5.87. The van der Waals surface area contributed by atoms with Gasteiger partial charge in [-0.25, -0.2) is 0 Å². The molecule has 2 amide bonds. The summed E-state index contributed by atoms with van der Waals surface area (Å²) in [5.41, 5.74) is 0.857. The lowest BCUT2D eigenvalue weighted by Crippen LogP contribution is -2.40. The van der Waals surface area contributed by atoms with Gasteiger partial charge in [-0.3, -0.25) is 23.9 Å². The second-order valence-corrected chi connectivity index (χ2v) is 8.76. The number of aryl methyl sites for hydroxylation is 1. The van der Waals surface area contributed by atoms with E-state index in [2.05, 4.69) is 38.0 Å². The van der Waals surface area contributed by atoms with Crippen LogP contribution in [-0.2, 0) is 16.0 Å². The third-order valence-electron chi connectivity index (χ3n) is 6.89. The first kappa shape index (κ1) is 20.7. The first-order valence-electron chi connectivity index (χ1n) is 11.4. The van der Waals surface area contributed by atoms with Gasteiger partial charge in [-0.05, 0) is 43.2 Å². The Labute approximate surface area is 187 Å². The molecule has 2 aromatic rings. The number of likely N-dealkylation sites (tertiary alicyclic amines) is 1. The van der Waals surface area contributed by atoms with Crippen molar-refractivity contribution in [3.05, 3.63) is 42.4 Å². The summed E-state index contributed by atoms with van der Waals surface area (Å²) in [5.74, 6) is 2.03. The zero-order valence-electron chi connectivity index (χ0n) is 18.3. The maximum Gasteiger partial charge on any atom is 0.233 e. The van der Waals surface area contributed by atoms with Gasteiger partial charge in [-0.2, -0.15) is 0 Å². The van der Waals surface area contributed by atoms with Crippen molar-refractivity contribution < 1.29 is 9.59 Å². The Morgan fingerprint density at radius 2 is 1.78 bits per heavy atom. The van der Waals surface area contributed by atoms with Crippen LogP contribution in [0.5, 0.6) is 0 Å². The molecule has 3 aliphatic rings. The predicted octanol–water partition coefficient (Wildman–Crippen LogP) is 1.02. The molecule has 0 aromatic carbocycles. The van der Waals surface area contributed by atoms with E-state index in [1.807, 2.05) is 28.8 Å². The van der Waals surface area contributed by atoms with Crippen molar-refractivity contribution in [2.45, 2.75) is 25.7 Å². The maximum atomic E-state index is 12.7. The SMILES string of the molecule is CN=C(NCCCc1nnc2ccccn12)NCCCN1C(=O)C2C3C=CC(C3)C2C1=O. The fourth-order valence-corrected chi connectivity index (χ4v) is 5.36. The van der Waals surface area contributed by atoms with Crippen LogP contribution in [0.4, 0.5) is 0 Å². The number of nitrogens with zero attached hydrogens (tertiary/aromatic N) is 5. The zero-order chi connectivity index (χ0) is 22.1. The van der Waals surface area contributed by atoms with Gasteiger partial charge >= 0.3 is 0 Å². The molecule has 3 heterocycles. The number of nitrogens with one attached hydrogen (secondary N) is 2. The topological polar surface area (TPSA) is 104 Å². The molecule has 2 bridgehead atoms. The van der Waals surface area contributed by atoms with Gasteiger partial charge in [0.25, 0.3) is 0 Å². The molecule has 2 aliphatic carbocycles. The van der Waals surface area contributed by atoms with E-state index in [1.54, 1.807) is 7.05 Å². The minimum absolute atomic E-state index is 0.0281. The predicted molar refractivity (Wildman–Crippen MR) is 120 cm³/mol. The van der Waals surface area contributed by atoms with Crippen molar-refractivity contribution in [1.29, 1.82) is 0 Å². The van der Waals surface area contributed by atoms with Crippen LogP contribution in [-0.4, -0.2) is 64.0 Å². The zero-order valence-corrected chi connectivity index (χ0v) is 18.3. The molecule has 2 fully saturated rings. The number of hydrogen-bond donors (Lipinski definition) is 2. The first-order chi connectivity index (χ1) is 15.7. The summed E-state index contributed by atoms with van der Waals surface area (Å²) in [6.45, 7) is 1.86. The van der Waals surface area contributed by atoms with Crippen LogP contribution < -0.4 is 10.6 Å². The monoisotopic (exact) mass is 435 g/mol. The van der Waals surface area contributed by atoms with E-state index in [9.17, 15) is 9.59 Å². The molecule has 2 aromatic heterocycles. The van der Waals surface area contributed by atoms with E-state index in [-0.39, 0.29) is 35.5 Å². The van der Waals surface area contributed by atoms with Crippen molar-refractivity contribution in [2.24, 2.45) is 28.7 Å². The average Bonchev–Trinajstić information content (AvgIpc) is 3.58. The minimum Gasteiger partial charge on any atom is -0.356 e. The summed E-state index contributed by atoms with van der Waals surface area (Å²) < 4.78 is 2.00. The van der Waals surface area contributed by atoms with Gasteiger partial charge in [0, 0.05) is 39.3 Å². The van der Waals surface area contributed by atoms with Crippen LogP contribution in [0.25, 0.3) is 5.65 Å². The fraction of sp³-hybridized carbons (Fsp3) is 0.522. The lowest BCUT2D eigenvalue weighted by Gasteiger charge is -2.18. The molecule has 9 nitrogen and oxygen atoms in total. The highest BCUT2D eigenvalue weighted by atomic mass is 16.2. The van der Waals surface area contributed by atoms with Gasteiger partial charge < -0.3 is 10.6 Å². The third-order valence-corrected chi connectivity index (χ3v) is 6.89. The number of imide groups is 1. The van der Waals surface area contributed by atoms with Crippen molar-refractivity contribution in [3.8, 4) is 0 Å². The Morgan fingerprint density at radius 1 is 1.06 bits per heavy atom. The van der Waals surface area contributed by atoms with Gasteiger partial charge in [0.2, 0.25) is 11.8 Å². The average molecular weight is 436 g/mol. The van der Waals surface area contributed by atoms with Crippen molar-refractivity contribution in [2.75, 3.05) is 26.7 Å². The summed E-state index contributed by atoms with van der Waals surface area (Å²) in [4.78, 5) is 31.2. The Hall–Kier alpha value is -3.23. The number of guanidine groups is 1. The second-order valence-electron chi connectivity index (χ2n) is 8.76. The van der Waals surface area contributed by atoms with Crippen molar-refractivity contribution in [1.82, 2.24) is 30.1 Å². The molecule has 9 heteroatoms. The molecule has 2 N–H and O–H groups in total. The summed E-state index contributed by atoms with van der Waals surface area (Å²) in [7, 11) is 1.73. The highest BCUT2D eigenvalue weighted by molar-refractivity contribution is 6.06. The number of aliphatic imine (C=N–C) groups is 1. The molecule has 1 aliphatic heterocycles. The second kappa shape index (κ2) is 8.72. The van der Waals surface area contributed by atoms with Gasteiger partial charge in [0.1, 0.15) is 5.82 Å². The largest absolute Gasteiger partial charge is 0.356 e. The third kappa shape index (κ3) is 3.65. The van der Waals surface area contributed by atoms with Crippen LogP contribution in [0.1, 0.15) is 25.1 Å². The number of fused-ring (bicyclic) bond motifs is 6. The van der Waals surface area contributed by atoms with E-state index in [4.69, 9.17) is 0 Å². The number of allylic oxidation sites excluding steroid dienone is 2. The molecule has 4 atom stereocenters. The molecular weight excluding hydrogens is 406 g/mol. The Morgan fingerprint density at radius 3 is 2.50 bits per heavy atom. The molecule has 168 valence electrons. The molecule has 1 saturated carbocycles. The molecule has 1 saturated heterocycles. The van der Waals surface area contributed by atoms with E-state index in [0.717, 1.165) is 37.3 Å². The number of carbonyl (C=O) groups is 2. The first-order valence-corrected chi connectivity index (χ1v) is 11.4. The van der Waals surface area contributed by atoms with Crippen LogP contribution in [0, 0.1) is 23.7 Å². The highest BCUT2D eigenvalue weighted by Crippen LogP contribution is 2.52. The summed E-state index contributed by atoms with van der Waals surface area (Å²) >= 11 is 0. The number of rotatable bonds is 8. The smallest absolute Gasteiger partial charge is 0.233 e. The normalized spacial score (nSPS) is 26.4. The van der Waals surface area contributed by atoms with Gasteiger partial charge in [0.05, 0.1) is 11.8 Å². The molecule has 0 spiro atoms. The number of hydrogen-bond acceptors (Lipinski definition) is 5. The minimum atomic E-state index is -0.109. The van der Waals surface area contributed by atoms with Crippen LogP contribution in [0.3, 0.4) is 0 Å². The Kier molecular flexibility index (Phi) is 5.63. The summed E-state index contributed by atoms with van der Waals surface area (Å²) in [6.07, 6.45) is 9.61. The Bertz CT molecular complexity index is 1050. The molecule has 0 radical (unpaired) electrons. The van der Waals surface area contributed by atoms with Gasteiger partial charge in [-0.1, -0.05) is 18.2 Å². The summed E-state index contributed by atoms with van der Waals surface area (Å²) in [5, 5.41) is 15.0. The quantitative estimate of drug-likeness (QED) is 0.211. The molecular formula is C23H29N7O2. The van der Waals surface area contributed by atoms with Gasteiger partial charge in [0.15, 0.2) is 11.6 Å². The number of aromatic nitrogens is 3. The highest BCUT2D eigenvalue weighted by Gasteiger charge is 2.58. The van der Waals surface area contributed by atoms with E-state index < -0.39 is 0 Å². The van der Waals surface area contributed by atoms with Crippen molar-refractivity contribution >= 4 is 23.4 Å². The van der Waals surface area contributed by atoms with E-state index in [0.29, 0.717) is 25.5 Å². The fourth-order valence-electron chi connectivity index (χ4n) is 5.36. The molecule has 5 rings (SSSR count). The Balaban J connectivity index is 1.02. The van der Waals surface area contributed by atoms with Crippen LogP contribution in [0.2, 0.25) is 0 Å². The molecule has 4 unspecified atom stereocenters. The number of carbonyl (C=O) groups excluding carboxylic acids is 2. The van der Waals surface area contributed by atoms with Gasteiger partial charge in [-0.15, -0.1) is 10.2 Å². The maximum absolute atomic E-state index is 12.7. The van der Waals surface area contributed by atoms with Crippen LogP contribution in [0.15, 0.2) is 41.5 Å². The standard InChI is InChI=1S/C23H29N7O2/c1-24-23(25-10-4-7-18-28-27-17-6-2-3-12-29(17)18)26-11-5-13-30-21(31)19-15-8-9-16(14-15)20(19)22(30)32/h2-3,6,8-9,12,15-16,19-20H,4-5,7,10-11,13-14H2,1H3,(H2,24,25,26). The van der Waals surface area contributed by atoms with Crippen LogP contribution >= 0.6 is 0 Å². The number of amides is 2. The number of pyridine rings is 1.